The van der Waals surface area contributed by atoms with Crippen LogP contribution in [0, 0.1) is 6.92 Å². The first-order valence-corrected chi connectivity index (χ1v) is 4.33. The van der Waals surface area contributed by atoms with Gasteiger partial charge in [0, 0.05) is 17.8 Å². The molecular weight excluding hydrogens is 168 g/mol. The number of aryl methyl sites for hydroxylation is 1. The van der Waals surface area contributed by atoms with Crippen LogP contribution in [0.1, 0.15) is 18.5 Å². The van der Waals surface area contributed by atoms with Gasteiger partial charge in [0.25, 0.3) is 0 Å². The number of nitrogens with zero attached hydrogens (tertiary/aromatic N) is 1. The zero-order valence-electron chi connectivity index (χ0n) is 7.42. The summed E-state index contributed by atoms with van der Waals surface area (Å²) < 4.78 is 0. The van der Waals surface area contributed by atoms with E-state index in [-0.39, 0.29) is 6.03 Å². The maximum Gasteiger partial charge on any atom is 0.320 e. The lowest BCUT2D eigenvalue weighted by atomic mass is 10.5. The smallest absolute Gasteiger partial charge is 0.320 e. The van der Waals surface area contributed by atoms with Crippen LogP contribution in [0.2, 0.25) is 0 Å². The van der Waals surface area contributed by atoms with Crippen molar-refractivity contribution in [3.05, 3.63) is 11.8 Å². The Balaban J connectivity index is 1.85. The number of amides is 2. The molecule has 0 aromatic carbocycles. The Hall–Kier alpha value is -1.52. The van der Waals surface area contributed by atoms with Crippen LogP contribution in [0.25, 0.3) is 0 Å². The number of urea groups is 1. The minimum atomic E-state index is -0.172. The van der Waals surface area contributed by atoms with Crippen molar-refractivity contribution >= 4 is 11.8 Å². The largest absolute Gasteiger partial charge is 0.335 e. The molecule has 1 aromatic rings. The van der Waals surface area contributed by atoms with Gasteiger partial charge in [-0.3, -0.25) is 10.4 Å². The highest BCUT2D eigenvalue weighted by atomic mass is 16.2. The van der Waals surface area contributed by atoms with E-state index >= 15 is 0 Å². The van der Waals surface area contributed by atoms with Crippen molar-refractivity contribution < 1.29 is 4.79 Å². The van der Waals surface area contributed by atoms with Gasteiger partial charge in [0.1, 0.15) is 0 Å². The van der Waals surface area contributed by atoms with Crippen molar-refractivity contribution in [1.82, 2.24) is 15.5 Å². The standard InChI is InChI=1S/C8H12N4O/c1-5-4-7(12-11-5)10-8(13)9-6-2-3-6/h4,6H,2-3H2,1H3,(H3,9,10,11,12,13). The molecular formula is C8H12N4O. The zero-order chi connectivity index (χ0) is 9.26. The van der Waals surface area contributed by atoms with Crippen LogP contribution in [-0.4, -0.2) is 22.3 Å². The number of H-pyrrole nitrogens is 1. The first-order valence-electron chi connectivity index (χ1n) is 4.33. The first-order chi connectivity index (χ1) is 6.24. The number of rotatable bonds is 2. The van der Waals surface area contributed by atoms with Crippen LogP contribution in [-0.2, 0) is 0 Å². The summed E-state index contributed by atoms with van der Waals surface area (Å²) in [6.45, 7) is 1.89. The third-order valence-corrected chi connectivity index (χ3v) is 1.86. The van der Waals surface area contributed by atoms with Crippen molar-refractivity contribution in [2.45, 2.75) is 25.8 Å². The summed E-state index contributed by atoms with van der Waals surface area (Å²) in [5, 5.41) is 12.1. The molecule has 2 amide bonds. The highest BCUT2D eigenvalue weighted by Gasteiger charge is 2.23. The SMILES string of the molecule is Cc1cc(NC(=O)NC2CC2)n[nH]1. The second kappa shape index (κ2) is 3.08. The van der Waals surface area contributed by atoms with Gasteiger partial charge in [-0.2, -0.15) is 5.10 Å². The highest BCUT2D eigenvalue weighted by Crippen LogP contribution is 2.18. The van der Waals surface area contributed by atoms with Crippen molar-refractivity contribution in [3.63, 3.8) is 0 Å². The van der Waals surface area contributed by atoms with E-state index in [1.165, 1.54) is 0 Å². The number of hydrogen-bond donors (Lipinski definition) is 3. The summed E-state index contributed by atoms with van der Waals surface area (Å²) in [5.41, 5.74) is 0.932. The quantitative estimate of drug-likeness (QED) is 0.635. The monoisotopic (exact) mass is 180 g/mol. The van der Waals surface area contributed by atoms with Crippen molar-refractivity contribution in [2.75, 3.05) is 5.32 Å². The van der Waals surface area contributed by atoms with Gasteiger partial charge in [-0.05, 0) is 19.8 Å². The summed E-state index contributed by atoms with van der Waals surface area (Å²) in [5.74, 6) is 0.565. The van der Waals surface area contributed by atoms with Crippen LogP contribution in [0.3, 0.4) is 0 Å². The molecule has 0 unspecified atom stereocenters. The Kier molecular flexibility index (Phi) is 1.92. The molecule has 1 aliphatic rings. The van der Waals surface area contributed by atoms with E-state index in [0.717, 1.165) is 18.5 Å². The van der Waals surface area contributed by atoms with E-state index in [4.69, 9.17) is 0 Å². The molecule has 13 heavy (non-hydrogen) atoms. The molecule has 0 bridgehead atoms. The molecule has 1 fully saturated rings. The lowest BCUT2D eigenvalue weighted by Gasteiger charge is -2.01. The summed E-state index contributed by atoms with van der Waals surface area (Å²) in [6, 6.07) is 1.99. The van der Waals surface area contributed by atoms with Gasteiger partial charge in [0.2, 0.25) is 0 Å². The average Bonchev–Trinajstić information content (AvgIpc) is 2.76. The molecule has 2 rings (SSSR count). The summed E-state index contributed by atoms with van der Waals surface area (Å²) >= 11 is 0. The van der Waals surface area contributed by atoms with E-state index < -0.39 is 0 Å². The number of aromatic nitrogens is 2. The van der Waals surface area contributed by atoms with Gasteiger partial charge in [0.05, 0.1) is 0 Å². The molecule has 1 heterocycles. The Morgan fingerprint density at radius 2 is 2.46 bits per heavy atom. The third kappa shape index (κ3) is 2.21. The lowest BCUT2D eigenvalue weighted by molar-refractivity contribution is 0.251. The Morgan fingerprint density at radius 3 is 3.00 bits per heavy atom. The predicted molar refractivity (Wildman–Crippen MR) is 48.5 cm³/mol. The van der Waals surface area contributed by atoms with Gasteiger partial charge < -0.3 is 5.32 Å². The molecule has 1 saturated carbocycles. The molecule has 0 spiro atoms. The van der Waals surface area contributed by atoms with Crippen molar-refractivity contribution in [1.29, 1.82) is 0 Å². The van der Waals surface area contributed by atoms with E-state index in [2.05, 4.69) is 20.8 Å². The van der Waals surface area contributed by atoms with Crippen LogP contribution in [0.5, 0.6) is 0 Å². The number of nitrogens with one attached hydrogen (secondary N) is 3. The fourth-order valence-corrected chi connectivity index (χ4v) is 1.05. The maximum absolute atomic E-state index is 11.2. The fourth-order valence-electron chi connectivity index (χ4n) is 1.05. The molecule has 0 saturated heterocycles. The first kappa shape index (κ1) is 8.10. The van der Waals surface area contributed by atoms with Crippen molar-refractivity contribution in [2.24, 2.45) is 0 Å². The summed E-state index contributed by atoms with van der Waals surface area (Å²) in [4.78, 5) is 11.2. The normalized spacial score (nSPS) is 15.5. The number of hydrogen-bond acceptors (Lipinski definition) is 2. The highest BCUT2D eigenvalue weighted by molar-refractivity contribution is 5.88. The molecule has 0 atom stereocenters. The van der Waals surface area contributed by atoms with Crippen LogP contribution in [0.15, 0.2) is 6.07 Å². The van der Waals surface area contributed by atoms with Gasteiger partial charge in [0.15, 0.2) is 5.82 Å². The molecule has 0 radical (unpaired) electrons. The Labute approximate surface area is 75.9 Å². The Morgan fingerprint density at radius 1 is 1.69 bits per heavy atom. The van der Waals surface area contributed by atoms with Gasteiger partial charge in [-0.25, -0.2) is 4.79 Å². The fraction of sp³-hybridized carbons (Fsp3) is 0.500. The Bertz CT molecular complexity index is 316. The second-order valence-corrected chi connectivity index (χ2v) is 3.31. The average molecular weight is 180 g/mol. The minimum Gasteiger partial charge on any atom is -0.335 e. The van der Waals surface area contributed by atoms with Crippen molar-refractivity contribution in [3.8, 4) is 0 Å². The topological polar surface area (TPSA) is 69.8 Å². The van der Waals surface area contributed by atoms with Crippen LogP contribution < -0.4 is 10.6 Å². The molecule has 5 nitrogen and oxygen atoms in total. The second-order valence-electron chi connectivity index (χ2n) is 3.31. The summed E-state index contributed by atoms with van der Waals surface area (Å²) in [7, 11) is 0. The van der Waals surface area contributed by atoms with Gasteiger partial charge in [-0.15, -0.1) is 0 Å². The number of aromatic amines is 1. The molecule has 5 heteroatoms. The number of carbonyl (C=O) groups excluding carboxylic acids is 1. The number of anilines is 1. The summed E-state index contributed by atoms with van der Waals surface area (Å²) in [6.07, 6.45) is 2.18. The molecule has 0 aliphatic heterocycles. The maximum atomic E-state index is 11.2. The third-order valence-electron chi connectivity index (χ3n) is 1.86. The number of carbonyl (C=O) groups is 1. The van der Waals surface area contributed by atoms with E-state index in [0.29, 0.717) is 11.9 Å². The van der Waals surface area contributed by atoms with Gasteiger partial charge >= 0.3 is 6.03 Å². The van der Waals surface area contributed by atoms with E-state index in [1.54, 1.807) is 6.07 Å². The molecule has 1 aliphatic carbocycles. The minimum absolute atomic E-state index is 0.172. The predicted octanol–water partition coefficient (Wildman–Crippen LogP) is 1.00. The van der Waals surface area contributed by atoms with Gasteiger partial charge in [-0.1, -0.05) is 0 Å². The molecule has 3 N–H and O–H groups in total. The van der Waals surface area contributed by atoms with E-state index in [1.807, 2.05) is 6.92 Å². The van der Waals surface area contributed by atoms with Crippen LogP contribution in [0.4, 0.5) is 10.6 Å². The molecule has 70 valence electrons. The van der Waals surface area contributed by atoms with Crippen LogP contribution >= 0.6 is 0 Å². The zero-order valence-corrected chi connectivity index (χ0v) is 7.42. The molecule has 1 aromatic heterocycles. The lowest BCUT2D eigenvalue weighted by Crippen LogP contribution is -2.30. The van der Waals surface area contributed by atoms with E-state index in [9.17, 15) is 4.79 Å².